The van der Waals surface area contributed by atoms with Gasteiger partial charge in [-0.25, -0.2) is 4.39 Å². The maximum atomic E-state index is 13.3. The van der Waals surface area contributed by atoms with E-state index in [4.69, 9.17) is 28.8 Å². The predicted octanol–water partition coefficient (Wildman–Crippen LogP) is 4.82. The average Bonchev–Trinajstić information content (AvgIpc) is 3.49. The number of unbranched alkanes of at least 4 members (excludes halogenated alkanes) is 1. The first-order valence-corrected chi connectivity index (χ1v) is 13.5. The molecule has 1 saturated carbocycles. The van der Waals surface area contributed by atoms with E-state index in [1.54, 1.807) is 12.1 Å². The molecule has 208 valence electrons. The van der Waals surface area contributed by atoms with Crippen LogP contribution >= 0.6 is 0 Å². The third kappa shape index (κ3) is 8.20. The molecule has 1 aromatic carbocycles. The van der Waals surface area contributed by atoms with Crippen molar-refractivity contribution in [3.63, 3.8) is 0 Å². The molecule has 3 aliphatic rings. The zero-order valence-electron chi connectivity index (χ0n) is 21.6. The summed E-state index contributed by atoms with van der Waals surface area (Å²) >= 11 is 0. The highest BCUT2D eigenvalue weighted by molar-refractivity contribution is 5.85. The van der Waals surface area contributed by atoms with Crippen LogP contribution in [0.25, 0.3) is 0 Å². The van der Waals surface area contributed by atoms with Gasteiger partial charge in [0.15, 0.2) is 6.29 Å². The minimum atomic E-state index is -1.12. The van der Waals surface area contributed by atoms with E-state index in [1.165, 1.54) is 12.1 Å². The summed E-state index contributed by atoms with van der Waals surface area (Å²) in [5.74, 6) is -2.16. The summed E-state index contributed by atoms with van der Waals surface area (Å²) in [5.41, 5.74) is 0. The van der Waals surface area contributed by atoms with E-state index in [-0.39, 0.29) is 48.9 Å². The minimum absolute atomic E-state index is 0.0706. The molecule has 2 heterocycles. The summed E-state index contributed by atoms with van der Waals surface area (Å²) in [6.45, 7) is 1.53. The smallest absolute Gasteiger partial charge is 0.303 e. The summed E-state index contributed by atoms with van der Waals surface area (Å²) in [7, 11) is 0. The number of Topliss-reactive ketones (excluding diaryl/α,β-unsaturated/α-hetero) is 1. The fraction of sp³-hybridized carbons (Fsp3) is 0.586. The van der Waals surface area contributed by atoms with Crippen LogP contribution in [0, 0.1) is 17.7 Å². The summed E-state index contributed by atoms with van der Waals surface area (Å²) in [6, 6.07) is 5.75. The van der Waals surface area contributed by atoms with Crippen molar-refractivity contribution < 1.29 is 42.8 Å². The van der Waals surface area contributed by atoms with Crippen molar-refractivity contribution in [3.05, 3.63) is 54.4 Å². The molecule has 1 aliphatic carbocycles. The van der Waals surface area contributed by atoms with Crippen LogP contribution in [0.3, 0.4) is 0 Å². The molecule has 4 rings (SSSR count). The molecule has 9 heteroatoms. The lowest BCUT2D eigenvalue weighted by Crippen LogP contribution is -2.36. The van der Waals surface area contributed by atoms with Gasteiger partial charge in [-0.1, -0.05) is 18.2 Å². The van der Waals surface area contributed by atoms with Gasteiger partial charge in [-0.15, -0.1) is 0 Å². The number of hydrogen-bond acceptors (Lipinski definition) is 7. The summed E-state index contributed by atoms with van der Waals surface area (Å²) in [6.07, 6.45) is 12.0. The Balaban J connectivity index is 1.45. The predicted molar refractivity (Wildman–Crippen MR) is 136 cm³/mol. The van der Waals surface area contributed by atoms with Crippen LogP contribution in [-0.4, -0.2) is 61.5 Å². The first-order valence-electron chi connectivity index (χ1n) is 13.5. The van der Waals surface area contributed by atoms with Gasteiger partial charge in [0, 0.05) is 31.3 Å². The zero-order valence-corrected chi connectivity index (χ0v) is 21.6. The van der Waals surface area contributed by atoms with E-state index in [9.17, 15) is 14.0 Å². The third-order valence-corrected chi connectivity index (χ3v) is 7.09. The van der Waals surface area contributed by atoms with Crippen molar-refractivity contribution in [2.45, 2.75) is 69.5 Å². The van der Waals surface area contributed by atoms with Gasteiger partial charge in [-0.2, -0.15) is 0 Å². The number of carboxylic acids is 1. The number of rotatable bonds is 13. The SMILES string of the molecule is O=C(O)CCC/C=C\C[C@H]1C(=O)C[C@@H](OC2CCCCO2)[C@@H]1/C=C/C1(COc2ccc(F)cc2)OCCO1. The van der Waals surface area contributed by atoms with Crippen LogP contribution in [0.4, 0.5) is 4.39 Å². The topological polar surface area (TPSA) is 101 Å². The fourth-order valence-corrected chi connectivity index (χ4v) is 5.06. The maximum absolute atomic E-state index is 13.3. The summed E-state index contributed by atoms with van der Waals surface area (Å²) < 4.78 is 43.0. The number of carbonyl (C=O) groups is 2. The minimum Gasteiger partial charge on any atom is -0.488 e. The van der Waals surface area contributed by atoms with Gasteiger partial charge in [-0.3, -0.25) is 9.59 Å². The number of ether oxygens (including phenoxy) is 5. The highest BCUT2D eigenvalue weighted by atomic mass is 19.1. The molecule has 2 saturated heterocycles. The zero-order chi connectivity index (χ0) is 26.8. The number of halogens is 1. The quantitative estimate of drug-likeness (QED) is 0.285. The molecule has 38 heavy (non-hydrogen) atoms. The average molecular weight is 533 g/mol. The Morgan fingerprint density at radius 2 is 1.92 bits per heavy atom. The molecule has 4 atom stereocenters. The van der Waals surface area contributed by atoms with Crippen molar-refractivity contribution in [1.29, 1.82) is 0 Å². The largest absolute Gasteiger partial charge is 0.488 e. The molecular formula is C29H37FO8. The molecule has 0 aromatic heterocycles. The molecule has 0 amide bonds. The lowest BCUT2D eigenvalue weighted by Gasteiger charge is -2.29. The van der Waals surface area contributed by atoms with E-state index >= 15 is 0 Å². The molecule has 0 radical (unpaired) electrons. The number of allylic oxidation sites excluding steroid dienone is 2. The van der Waals surface area contributed by atoms with E-state index in [0.29, 0.717) is 51.3 Å². The van der Waals surface area contributed by atoms with Crippen molar-refractivity contribution in [1.82, 2.24) is 0 Å². The number of aliphatic carboxylic acids is 1. The molecule has 0 bridgehead atoms. The molecule has 0 spiro atoms. The molecular weight excluding hydrogens is 495 g/mol. The highest BCUT2D eigenvalue weighted by Crippen LogP contribution is 2.38. The van der Waals surface area contributed by atoms with Gasteiger partial charge in [0.05, 0.1) is 19.3 Å². The first-order chi connectivity index (χ1) is 18.4. The Labute approximate surface area is 222 Å². The van der Waals surface area contributed by atoms with Crippen molar-refractivity contribution in [3.8, 4) is 5.75 Å². The fourth-order valence-electron chi connectivity index (χ4n) is 5.06. The molecule has 1 N–H and O–H groups in total. The molecule has 8 nitrogen and oxygen atoms in total. The number of hydrogen-bond donors (Lipinski definition) is 1. The Bertz CT molecular complexity index is 963. The second-order valence-electron chi connectivity index (χ2n) is 9.93. The Morgan fingerprint density at radius 1 is 1.13 bits per heavy atom. The van der Waals surface area contributed by atoms with E-state index in [0.717, 1.165) is 19.3 Å². The van der Waals surface area contributed by atoms with Gasteiger partial charge in [-0.05, 0) is 68.9 Å². The van der Waals surface area contributed by atoms with Gasteiger partial charge < -0.3 is 28.8 Å². The lowest BCUT2D eigenvalue weighted by molar-refractivity contribution is -0.192. The van der Waals surface area contributed by atoms with Gasteiger partial charge in [0.1, 0.15) is 24.0 Å². The molecule has 1 aromatic rings. The number of carbonyl (C=O) groups excluding carboxylic acids is 1. The van der Waals surface area contributed by atoms with Crippen LogP contribution in [0.2, 0.25) is 0 Å². The lowest BCUT2D eigenvalue weighted by atomic mass is 9.90. The van der Waals surface area contributed by atoms with Crippen molar-refractivity contribution >= 4 is 11.8 Å². The number of benzene rings is 1. The Morgan fingerprint density at radius 3 is 2.63 bits per heavy atom. The second kappa shape index (κ2) is 14.0. The first kappa shape index (κ1) is 28.4. The number of carboxylic acid groups (broad SMARTS) is 1. The number of ketones is 1. The van der Waals surface area contributed by atoms with Gasteiger partial charge in [0.25, 0.3) is 0 Å². The van der Waals surface area contributed by atoms with Crippen LogP contribution in [-0.2, 0) is 28.5 Å². The molecule has 1 unspecified atom stereocenters. The Kier molecular flexibility index (Phi) is 10.5. The van der Waals surface area contributed by atoms with Crippen LogP contribution in [0.1, 0.15) is 51.4 Å². The third-order valence-electron chi connectivity index (χ3n) is 7.09. The molecule has 2 aliphatic heterocycles. The van der Waals surface area contributed by atoms with Crippen molar-refractivity contribution in [2.24, 2.45) is 11.8 Å². The van der Waals surface area contributed by atoms with Gasteiger partial charge >= 0.3 is 5.97 Å². The van der Waals surface area contributed by atoms with Crippen LogP contribution < -0.4 is 4.74 Å². The second-order valence-corrected chi connectivity index (χ2v) is 9.93. The standard InChI is InChI=1S/C29H37FO8/c30-21-10-12-22(13-11-21)35-20-29(36-17-18-37-29)15-14-24-23(7-3-1-2-4-8-27(32)33)25(31)19-26(24)38-28-9-5-6-16-34-28/h1,3,10-15,23-24,26,28H,2,4-9,16-20H2,(H,32,33)/b3-1-,15-14+/t23-,24-,26-,28?/m1/s1. The summed E-state index contributed by atoms with van der Waals surface area (Å²) in [5, 5.41) is 8.81. The van der Waals surface area contributed by atoms with Gasteiger partial charge in [0.2, 0.25) is 5.79 Å². The summed E-state index contributed by atoms with van der Waals surface area (Å²) in [4.78, 5) is 23.8. The molecule has 3 fully saturated rings. The van der Waals surface area contributed by atoms with E-state index in [2.05, 4.69) is 0 Å². The highest BCUT2D eigenvalue weighted by Gasteiger charge is 2.44. The maximum Gasteiger partial charge on any atom is 0.303 e. The Hall–Kier alpha value is -2.59. The van der Waals surface area contributed by atoms with Crippen LogP contribution in [0.5, 0.6) is 5.75 Å². The van der Waals surface area contributed by atoms with Crippen molar-refractivity contribution in [2.75, 3.05) is 26.4 Å². The normalized spacial score (nSPS) is 27.4. The van der Waals surface area contributed by atoms with Crippen LogP contribution in [0.15, 0.2) is 48.6 Å². The monoisotopic (exact) mass is 532 g/mol. The van der Waals surface area contributed by atoms with E-state index < -0.39 is 11.8 Å². The van der Waals surface area contributed by atoms with E-state index in [1.807, 2.05) is 24.3 Å².